The highest BCUT2D eigenvalue weighted by Gasteiger charge is 2.09. The molecule has 14 heavy (non-hydrogen) atoms. The van der Waals surface area contributed by atoms with Gasteiger partial charge < -0.3 is 0 Å². The average Bonchev–Trinajstić information content (AvgIpc) is 2.16. The lowest BCUT2D eigenvalue weighted by atomic mass is 10.0. The molecule has 1 aromatic carbocycles. The highest BCUT2D eigenvalue weighted by atomic mass is 127. The topological polar surface area (TPSA) is 40.9 Å². The van der Waals surface area contributed by atoms with Crippen LogP contribution in [-0.4, -0.2) is 5.78 Å². The predicted molar refractivity (Wildman–Crippen MR) is 63.3 cm³/mol. The molecule has 0 heterocycles. The van der Waals surface area contributed by atoms with E-state index in [0.717, 1.165) is 15.6 Å². The molecule has 1 rings (SSSR count). The van der Waals surface area contributed by atoms with Gasteiger partial charge >= 0.3 is 0 Å². The second-order valence-corrected chi connectivity index (χ2v) is 4.17. The van der Waals surface area contributed by atoms with Gasteiger partial charge in [-0.3, -0.25) is 4.79 Å². The summed E-state index contributed by atoms with van der Waals surface area (Å²) in [5.74, 6) is 0.00792. The van der Waals surface area contributed by atoms with Crippen LogP contribution in [0.2, 0.25) is 0 Å². The molecule has 0 fully saturated rings. The zero-order valence-electron chi connectivity index (χ0n) is 8.10. The van der Waals surface area contributed by atoms with Crippen LogP contribution in [0.3, 0.4) is 0 Å². The fourth-order valence-corrected chi connectivity index (χ4v) is 2.19. The molecule has 0 N–H and O–H groups in total. The molecule has 0 aliphatic heterocycles. The number of benzene rings is 1. The maximum absolute atomic E-state index is 11.2. The average molecular weight is 299 g/mol. The number of rotatable bonds is 2. The molecular formula is C11H10INO. The van der Waals surface area contributed by atoms with E-state index in [-0.39, 0.29) is 5.78 Å². The van der Waals surface area contributed by atoms with Gasteiger partial charge in [-0.15, -0.1) is 0 Å². The van der Waals surface area contributed by atoms with Crippen molar-refractivity contribution in [2.75, 3.05) is 0 Å². The predicted octanol–water partition coefficient (Wildman–Crippen LogP) is 2.93. The van der Waals surface area contributed by atoms with Crippen LogP contribution in [0.5, 0.6) is 0 Å². The summed E-state index contributed by atoms with van der Waals surface area (Å²) >= 11 is 2.13. The van der Waals surface area contributed by atoms with E-state index in [2.05, 4.69) is 28.7 Å². The summed E-state index contributed by atoms with van der Waals surface area (Å²) < 4.78 is 0.922. The molecule has 0 aromatic heterocycles. The van der Waals surface area contributed by atoms with Crippen LogP contribution < -0.4 is 0 Å². The number of hydrogen-bond acceptors (Lipinski definition) is 2. The van der Waals surface area contributed by atoms with E-state index in [1.54, 1.807) is 6.07 Å². The highest BCUT2D eigenvalue weighted by Crippen LogP contribution is 2.19. The van der Waals surface area contributed by atoms with E-state index < -0.39 is 0 Å². The van der Waals surface area contributed by atoms with Gasteiger partial charge in [-0.25, -0.2) is 0 Å². The van der Waals surface area contributed by atoms with Crippen molar-refractivity contribution in [3.63, 3.8) is 0 Å². The van der Waals surface area contributed by atoms with Gasteiger partial charge in [0, 0.05) is 9.13 Å². The molecule has 0 aliphatic carbocycles. The van der Waals surface area contributed by atoms with Crippen LogP contribution in [0.15, 0.2) is 12.1 Å². The summed E-state index contributed by atoms with van der Waals surface area (Å²) in [5.41, 5.74) is 2.25. The first-order chi connectivity index (χ1) is 6.60. The smallest absolute Gasteiger partial charge is 0.160 e. The summed E-state index contributed by atoms with van der Waals surface area (Å²) in [6.45, 7) is 3.52. The van der Waals surface area contributed by atoms with Gasteiger partial charge in [0.25, 0.3) is 0 Å². The monoisotopic (exact) mass is 299 g/mol. The van der Waals surface area contributed by atoms with Crippen LogP contribution >= 0.6 is 22.6 Å². The Kier molecular flexibility index (Phi) is 3.64. The number of carbonyl (C=O) groups is 1. The maximum Gasteiger partial charge on any atom is 0.160 e. The Hall–Kier alpha value is -0.890. The van der Waals surface area contributed by atoms with E-state index in [9.17, 15) is 4.79 Å². The largest absolute Gasteiger partial charge is 0.294 e. The molecule has 0 unspecified atom stereocenters. The van der Waals surface area contributed by atoms with Gasteiger partial charge in [0.05, 0.1) is 11.6 Å². The Balaban J connectivity index is 3.40. The molecule has 1 aromatic rings. The Morgan fingerprint density at radius 3 is 2.64 bits per heavy atom. The standard InChI is InChI=1S/C11H10INO/c1-3-8-5-11(12)10(7(2)14)4-9(8)6-13/h4-5H,3H2,1-2H3. The first-order valence-electron chi connectivity index (χ1n) is 4.33. The zero-order valence-corrected chi connectivity index (χ0v) is 10.3. The molecular weight excluding hydrogens is 289 g/mol. The molecule has 0 aliphatic rings. The minimum Gasteiger partial charge on any atom is -0.294 e. The Labute approximate surface area is 97.1 Å². The number of nitrogens with zero attached hydrogens (tertiary/aromatic N) is 1. The zero-order chi connectivity index (χ0) is 10.7. The highest BCUT2D eigenvalue weighted by molar-refractivity contribution is 14.1. The van der Waals surface area contributed by atoms with Crippen LogP contribution in [0.25, 0.3) is 0 Å². The van der Waals surface area contributed by atoms with Crippen molar-refractivity contribution < 1.29 is 4.79 Å². The summed E-state index contributed by atoms with van der Waals surface area (Å²) in [6, 6.07) is 5.71. The number of nitriles is 1. The van der Waals surface area contributed by atoms with E-state index >= 15 is 0 Å². The Bertz CT molecular complexity index is 418. The van der Waals surface area contributed by atoms with E-state index in [0.29, 0.717) is 11.1 Å². The maximum atomic E-state index is 11.2. The quantitative estimate of drug-likeness (QED) is 0.622. The Morgan fingerprint density at radius 1 is 1.57 bits per heavy atom. The lowest BCUT2D eigenvalue weighted by Crippen LogP contribution is -2.00. The lowest BCUT2D eigenvalue weighted by molar-refractivity contribution is 0.101. The fourth-order valence-electron chi connectivity index (χ4n) is 1.28. The molecule has 2 nitrogen and oxygen atoms in total. The molecule has 0 saturated carbocycles. The van der Waals surface area contributed by atoms with Crippen molar-refractivity contribution in [3.8, 4) is 6.07 Å². The molecule has 0 radical (unpaired) electrons. The normalized spacial score (nSPS) is 9.57. The molecule has 0 spiro atoms. The van der Waals surface area contributed by atoms with Crippen LogP contribution in [0.1, 0.15) is 35.3 Å². The molecule has 0 bridgehead atoms. The first kappa shape index (κ1) is 11.2. The number of halogens is 1. The molecule has 3 heteroatoms. The third-order valence-corrected chi connectivity index (χ3v) is 2.97. The molecule has 0 amide bonds. The van der Waals surface area contributed by atoms with Crippen molar-refractivity contribution in [1.29, 1.82) is 5.26 Å². The number of aryl methyl sites for hydroxylation is 1. The lowest BCUT2D eigenvalue weighted by Gasteiger charge is -2.05. The van der Waals surface area contributed by atoms with Gasteiger partial charge in [-0.1, -0.05) is 6.92 Å². The summed E-state index contributed by atoms with van der Waals surface area (Å²) in [4.78, 5) is 11.2. The minimum absolute atomic E-state index is 0.00792. The number of Topliss-reactive ketones (excluding diaryl/α,β-unsaturated/α-hetero) is 1. The van der Waals surface area contributed by atoms with E-state index in [4.69, 9.17) is 5.26 Å². The number of carbonyl (C=O) groups excluding carboxylic acids is 1. The van der Waals surface area contributed by atoms with Gasteiger partial charge in [0.15, 0.2) is 5.78 Å². The summed E-state index contributed by atoms with van der Waals surface area (Å²) in [7, 11) is 0. The van der Waals surface area contributed by atoms with Crippen LogP contribution in [-0.2, 0) is 6.42 Å². The second-order valence-electron chi connectivity index (χ2n) is 3.01. The van der Waals surface area contributed by atoms with E-state index in [1.807, 2.05) is 13.0 Å². The number of hydrogen-bond donors (Lipinski definition) is 0. The fraction of sp³-hybridized carbons (Fsp3) is 0.273. The van der Waals surface area contributed by atoms with Crippen LogP contribution in [0.4, 0.5) is 0 Å². The van der Waals surface area contributed by atoms with Gasteiger partial charge in [-0.05, 0) is 53.6 Å². The van der Waals surface area contributed by atoms with Gasteiger partial charge in [0.1, 0.15) is 0 Å². The number of ketones is 1. The van der Waals surface area contributed by atoms with Crippen molar-refractivity contribution in [2.45, 2.75) is 20.3 Å². The summed E-state index contributed by atoms with van der Waals surface area (Å²) in [6.07, 6.45) is 0.817. The van der Waals surface area contributed by atoms with Crippen LogP contribution in [0, 0.1) is 14.9 Å². The third-order valence-electron chi connectivity index (χ3n) is 2.07. The van der Waals surface area contributed by atoms with Crippen molar-refractivity contribution in [2.24, 2.45) is 0 Å². The Morgan fingerprint density at radius 2 is 2.21 bits per heavy atom. The molecule has 72 valence electrons. The SMILES string of the molecule is CCc1cc(I)c(C(C)=O)cc1C#N. The summed E-state index contributed by atoms with van der Waals surface area (Å²) in [5, 5.41) is 8.88. The van der Waals surface area contributed by atoms with Crippen molar-refractivity contribution in [3.05, 3.63) is 32.4 Å². The second kappa shape index (κ2) is 4.56. The molecule has 0 atom stereocenters. The van der Waals surface area contributed by atoms with E-state index in [1.165, 1.54) is 6.92 Å². The van der Waals surface area contributed by atoms with Gasteiger partial charge in [0.2, 0.25) is 0 Å². The van der Waals surface area contributed by atoms with Gasteiger partial charge in [-0.2, -0.15) is 5.26 Å². The van der Waals surface area contributed by atoms with Crippen molar-refractivity contribution in [1.82, 2.24) is 0 Å². The first-order valence-corrected chi connectivity index (χ1v) is 5.41. The third kappa shape index (κ3) is 2.13. The minimum atomic E-state index is 0.00792. The molecule has 0 saturated heterocycles. The van der Waals surface area contributed by atoms with Crippen molar-refractivity contribution >= 4 is 28.4 Å².